The number of allylic oxidation sites excluding steroid dienone is 2. The lowest BCUT2D eigenvalue weighted by Crippen LogP contribution is -2.54. The van der Waals surface area contributed by atoms with Crippen LogP contribution >= 0.6 is 0 Å². The third-order valence-electron chi connectivity index (χ3n) is 14.7. The molecule has 3 aliphatic rings. The number of ether oxygens (including phenoxy) is 5. The number of primary amides is 1. The van der Waals surface area contributed by atoms with Crippen molar-refractivity contribution in [3.63, 3.8) is 0 Å². The molecule has 12 unspecified atom stereocenters. The van der Waals surface area contributed by atoms with E-state index >= 15 is 0 Å². The Hall–Kier alpha value is -8.01. The number of carbonyl (C=O) groups excluding carboxylic acids is 9. The van der Waals surface area contributed by atoms with Crippen LogP contribution < -0.4 is 48.0 Å². The van der Waals surface area contributed by atoms with E-state index in [0.717, 1.165) is 10.3 Å². The van der Waals surface area contributed by atoms with Crippen molar-refractivity contribution >= 4 is 59.6 Å². The summed E-state index contributed by atoms with van der Waals surface area (Å²) in [5.74, 6) is -4.49. The highest BCUT2D eigenvalue weighted by atomic mass is 16.7. The van der Waals surface area contributed by atoms with Crippen LogP contribution in [0, 0.1) is 17.8 Å². The van der Waals surface area contributed by atoms with Crippen molar-refractivity contribution in [1.29, 1.82) is 0 Å². The molecular weight excluding hydrogens is 1120 g/mol. The molecule has 0 saturated carbocycles. The van der Waals surface area contributed by atoms with Gasteiger partial charge in [0.2, 0.25) is 41.3 Å². The lowest BCUT2D eigenvalue weighted by atomic mass is 9.87. The third kappa shape index (κ3) is 22.8. The van der Waals surface area contributed by atoms with Gasteiger partial charge in [-0.1, -0.05) is 63.1 Å². The first kappa shape index (κ1) is 68.8. The van der Waals surface area contributed by atoms with Gasteiger partial charge in [-0.25, -0.2) is 15.0 Å². The fourth-order valence-corrected chi connectivity index (χ4v) is 9.78. The number of aliphatic hydroxyl groups is 1. The number of hydrogen-bond acceptors (Lipinski definition) is 18. The number of nitrogens with one attached hydrogen (secondary N) is 7. The molecule has 2 aromatic rings. The smallest absolute Gasteiger partial charge is 0.426 e. The van der Waals surface area contributed by atoms with Gasteiger partial charge >= 0.3 is 18.1 Å². The molecule has 1 aromatic carbocycles. The monoisotopic (exact) mass is 1210 g/mol. The fourth-order valence-electron chi connectivity index (χ4n) is 9.78. The second kappa shape index (κ2) is 33.6. The number of benzene rings is 1. The number of anilines is 1. The maximum absolute atomic E-state index is 13.7. The number of nitrogens with two attached hydrogens (primary N) is 1. The minimum absolute atomic E-state index is 0.0316. The molecule has 3 saturated heterocycles. The average Bonchev–Trinajstić information content (AvgIpc) is 1.83. The zero-order valence-corrected chi connectivity index (χ0v) is 49.7. The van der Waals surface area contributed by atoms with Gasteiger partial charge in [0.1, 0.15) is 55.5 Å². The van der Waals surface area contributed by atoms with Crippen LogP contribution in [0.15, 0.2) is 72.4 Å². The Kier molecular flexibility index (Phi) is 26.9. The van der Waals surface area contributed by atoms with Crippen LogP contribution in [0.5, 0.6) is 11.8 Å². The van der Waals surface area contributed by atoms with E-state index in [0.29, 0.717) is 56.2 Å². The summed E-state index contributed by atoms with van der Waals surface area (Å²) in [5.41, 5.74) is 10.6. The number of hydrazine groups is 1. The maximum atomic E-state index is 13.7. The molecule has 474 valence electrons. The van der Waals surface area contributed by atoms with Crippen LogP contribution in [0.2, 0.25) is 0 Å². The molecule has 0 radical (unpaired) electrons. The first-order valence-corrected chi connectivity index (χ1v) is 28.9. The summed E-state index contributed by atoms with van der Waals surface area (Å²) < 4.78 is 29.3. The Bertz CT molecular complexity index is 2710. The second-order valence-electron chi connectivity index (χ2n) is 22.4. The molecule has 27 heteroatoms. The van der Waals surface area contributed by atoms with Gasteiger partial charge in [0.05, 0.1) is 43.3 Å². The standard InChI is InChI=1S/C59H85N9O18/c1-34(2)53(65-48(71)13-9-8-11-41(30-69)32-83-68-51(74)24-25-52(68)75)56(78)64-44(12-10-26-61-57(60)79)55(77)62-42-19-17-40(18-20-42)31-81-58(80)67-66-50(73)28-43-29-59(33-82-59)54(76)47(86-43)22-15-35(3)14-21-46-36(4)27-45(38(6)85-46)63-49(72)23-16-37(5)84-39(7)70/h14-20,22-25,30,34,36-38,41,43-47,53-54,74-76H,8-13,21,26-29,31-33H2,1-7H3,(H,62,77)(H,63,72)(H,64,78)(H,65,71)(H,66,73)(H,67,80)(H3,60,61,79). The molecule has 8 amide bonds. The first-order valence-electron chi connectivity index (χ1n) is 28.9. The number of nitrogens with zero attached hydrogens (tertiary/aromatic N) is 1. The van der Waals surface area contributed by atoms with Crippen LogP contribution in [-0.4, -0.2) is 154 Å². The van der Waals surface area contributed by atoms with E-state index in [9.17, 15) is 58.5 Å². The number of aromatic hydroxyl groups is 2. The zero-order valence-electron chi connectivity index (χ0n) is 49.7. The van der Waals surface area contributed by atoms with Crippen molar-refractivity contribution in [2.75, 3.05) is 25.1 Å². The second-order valence-corrected chi connectivity index (χ2v) is 22.4. The predicted molar refractivity (Wildman–Crippen MR) is 310 cm³/mol. The highest BCUT2D eigenvalue weighted by molar-refractivity contribution is 5.98. The number of hydrogen-bond donors (Lipinski definition) is 11. The highest BCUT2D eigenvalue weighted by Crippen LogP contribution is 2.43. The molecule has 1 aromatic heterocycles. The SMILES string of the molecule is CC(=O)OC(C)C=CC(=O)NC1CC(C)C(CC=C(C)C=CC2OC(CC(=O)NNC(=O)OCc3ccc(NC(=O)C(CCCNC(N)=O)NC(=O)C(NC(=O)CCCCC(C=O)COn4c(O)ccc4O)C(C)C)cc3)CC3(CO3)C2O)OC1C. The molecule has 4 heterocycles. The largest absolute Gasteiger partial charge is 0.492 e. The quantitative estimate of drug-likeness (QED) is 0.00983. The highest BCUT2D eigenvalue weighted by Gasteiger charge is 2.58. The van der Waals surface area contributed by atoms with Crippen molar-refractivity contribution in [2.24, 2.45) is 23.5 Å². The van der Waals surface area contributed by atoms with Crippen LogP contribution in [0.4, 0.5) is 15.3 Å². The van der Waals surface area contributed by atoms with Gasteiger partial charge in [0, 0.05) is 50.2 Å². The molecular formula is C59H85N9O18. The van der Waals surface area contributed by atoms with Gasteiger partial charge in [0.15, 0.2) is 0 Å². The molecule has 12 atom stereocenters. The van der Waals surface area contributed by atoms with Gasteiger partial charge in [-0.2, -0.15) is 0 Å². The summed E-state index contributed by atoms with van der Waals surface area (Å²) in [6.45, 7) is 12.4. The van der Waals surface area contributed by atoms with Crippen LogP contribution in [0.25, 0.3) is 0 Å². The molecule has 86 heavy (non-hydrogen) atoms. The summed E-state index contributed by atoms with van der Waals surface area (Å²) in [6.07, 6.45) is 7.75. The van der Waals surface area contributed by atoms with Crippen molar-refractivity contribution < 1.29 is 87.0 Å². The van der Waals surface area contributed by atoms with E-state index in [1.54, 1.807) is 51.1 Å². The summed E-state index contributed by atoms with van der Waals surface area (Å²) in [7, 11) is 0. The number of carbonyl (C=O) groups is 9. The normalized spacial score (nSPS) is 23.3. The van der Waals surface area contributed by atoms with Gasteiger partial charge < -0.3 is 81.0 Å². The lowest BCUT2D eigenvalue weighted by Gasteiger charge is -2.39. The van der Waals surface area contributed by atoms with E-state index in [1.807, 2.05) is 26.0 Å². The number of aliphatic hydroxyl groups excluding tert-OH is 1. The Morgan fingerprint density at radius 2 is 1.59 bits per heavy atom. The minimum atomic E-state index is -1.12. The molecule has 5 rings (SSSR count). The molecule has 0 bridgehead atoms. The lowest BCUT2D eigenvalue weighted by molar-refractivity contribution is -0.146. The van der Waals surface area contributed by atoms with E-state index in [4.69, 9.17) is 34.3 Å². The summed E-state index contributed by atoms with van der Waals surface area (Å²) >= 11 is 0. The van der Waals surface area contributed by atoms with Crippen LogP contribution in [-0.2, 0) is 63.9 Å². The number of epoxide rings is 1. The predicted octanol–water partition coefficient (Wildman–Crippen LogP) is 3.05. The minimum Gasteiger partial charge on any atom is -0.492 e. The summed E-state index contributed by atoms with van der Waals surface area (Å²) in [5, 5.41) is 44.3. The van der Waals surface area contributed by atoms with Gasteiger partial charge in [-0.15, -0.1) is 4.73 Å². The molecule has 3 fully saturated rings. The number of aldehydes is 1. The number of esters is 1. The third-order valence-corrected chi connectivity index (χ3v) is 14.7. The van der Waals surface area contributed by atoms with Crippen LogP contribution in [0.3, 0.4) is 0 Å². The number of aromatic nitrogens is 1. The van der Waals surface area contributed by atoms with E-state index < -0.39 is 95.7 Å². The fraction of sp³-hybridized carbons (Fsp3) is 0.576. The van der Waals surface area contributed by atoms with Crippen molar-refractivity contribution in [3.05, 3.63) is 77.9 Å². The van der Waals surface area contributed by atoms with Crippen molar-refractivity contribution in [1.82, 2.24) is 36.8 Å². The first-order chi connectivity index (χ1) is 40.8. The summed E-state index contributed by atoms with van der Waals surface area (Å²) in [4.78, 5) is 118. The molecule has 3 aliphatic heterocycles. The number of rotatable bonds is 31. The van der Waals surface area contributed by atoms with Crippen LogP contribution in [0.1, 0.15) is 118 Å². The Morgan fingerprint density at radius 1 is 0.884 bits per heavy atom. The van der Waals surface area contributed by atoms with Crippen molar-refractivity contribution in [3.8, 4) is 11.8 Å². The van der Waals surface area contributed by atoms with E-state index in [1.165, 1.54) is 31.2 Å². The Labute approximate surface area is 499 Å². The number of amides is 8. The Morgan fingerprint density at radius 3 is 2.24 bits per heavy atom. The summed E-state index contributed by atoms with van der Waals surface area (Å²) in [6, 6.07) is 5.61. The zero-order chi connectivity index (χ0) is 63.1. The number of unbranched alkanes of at least 4 members (excludes halogenated alkanes) is 1. The van der Waals surface area contributed by atoms with E-state index in [2.05, 4.69) is 44.4 Å². The maximum Gasteiger partial charge on any atom is 0.426 e. The van der Waals surface area contributed by atoms with Gasteiger partial charge in [0.25, 0.3) is 0 Å². The average molecular weight is 1210 g/mol. The van der Waals surface area contributed by atoms with Gasteiger partial charge in [-0.3, -0.25) is 34.2 Å². The molecule has 0 aliphatic carbocycles. The molecule has 1 spiro atoms. The molecule has 27 nitrogen and oxygen atoms in total. The van der Waals surface area contributed by atoms with E-state index in [-0.39, 0.29) is 93.7 Å². The molecule has 12 N–H and O–H groups in total. The van der Waals surface area contributed by atoms with Gasteiger partial charge in [-0.05, 0) is 94.9 Å². The number of urea groups is 1. The van der Waals surface area contributed by atoms with Crippen molar-refractivity contribution in [2.45, 2.75) is 180 Å². The Balaban J connectivity index is 1.03. The topological polar surface area (TPSA) is 388 Å².